The number of hydrogen-bond donors (Lipinski definition) is 1. The number of aryl methyl sites for hydroxylation is 1. The third-order valence-electron chi connectivity index (χ3n) is 2.03. The molecule has 0 saturated carbocycles. The van der Waals surface area contributed by atoms with E-state index in [2.05, 4.69) is 25.1 Å². The van der Waals surface area contributed by atoms with E-state index in [1.54, 1.807) is 18.4 Å². The molecule has 0 bridgehead atoms. The van der Waals surface area contributed by atoms with Crippen molar-refractivity contribution >= 4 is 26.4 Å². The quantitative estimate of drug-likeness (QED) is 0.755. The first-order chi connectivity index (χ1) is 6.22. The lowest BCUT2D eigenvalue weighted by Gasteiger charge is -1.98. The van der Waals surface area contributed by atoms with E-state index in [9.17, 15) is 0 Å². The van der Waals surface area contributed by atoms with Crippen molar-refractivity contribution in [1.29, 1.82) is 0 Å². The number of nitrogen functional groups attached to an aromatic ring is 1. The zero-order valence-corrected chi connectivity index (χ0v) is 8.44. The smallest absolute Gasteiger partial charge is 0.160 e. The van der Waals surface area contributed by atoms with Gasteiger partial charge in [-0.05, 0) is 19.1 Å². The number of methoxy groups -OCH3 is 1. The van der Waals surface area contributed by atoms with Crippen molar-refractivity contribution in [2.24, 2.45) is 0 Å². The molecule has 0 fully saturated rings. The van der Waals surface area contributed by atoms with Crippen LogP contribution < -0.4 is 10.5 Å². The van der Waals surface area contributed by atoms with Gasteiger partial charge >= 0.3 is 0 Å². The number of benzene rings is 1. The first kappa shape index (κ1) is 8.38. The molecule has 0 atom stereocenters. The molecule has 3 heteroatoms. The number of rotatable bonds is 1. The maximum atomic E-state index is 5.81. The van der Waals surface area contributed by atoms with Gasteiger partial charge in [-0.15, -0.1) is 11.3 Å². The average Bonchev–Trinajstić information content (AvgIpc) is 2.40. The van der Waals surface area contributed by atoms with E-state index in [1.165, 1.54) is 10.3 Å². The molecule has 0 amide bonds. The number of ether oxygens (including phenoxy) is 1. The third-order valence-corrected chi connectivity index (χ3v) is 3.01. The minimum atomic E-state index is 0.753. The molecule has 2 aromatic rings. The van der Waals surface area contributed by atoms with E-state index in [0.717, 1.165) is 16.1 Å². The van der Waals surface area contributed by atoms with Crippen LogP contribution in [0.4, 0.5) is 5.00 Å². The Kier molecular flexibility index (Phi) is 1.88. The fourth-order valence-corrected chi connectivity index (χ4v) is 2.34. The molecule has 68 valence electrons. The van der Waals surface area contributed by atoms with Crippen LogP contribution in [0.2, 0.25) is 0 Å². The Morgan fingerprint density at radius 1 is 1.38 bits per heavy atom. The number of fused-ring (bicyclic) bond motifs is 1. The molecule has 2 N–H and O–H groups in total. The molecule has 13 heavy (non-hydrogen) atoms. The number of hydrogen-bond acceptors (Lipinski definition) is 3. The molecular formula is C10H11NOS. The Hall–Kier alpha value is -1.22. The van der Waals surface area contributed by atoms with Gasteiger partial charge in [-0.2, -0.15) is 0 Å². The number of nitrogens with two attached hydrogens (primary N) is 1. The van der Waals surface area contributed by atoms with Crippen LogP contribution in [0.3, 0.4) is 0 Å². The lowest BCUT2D eigenvalue weighted by Crippen LogP contribution is -1.86. The van der Waals surface area contributed by atoms with Gasteiger partial charge in [0.25, 0.3) is 0 Å². The molecule has 0 aliphatic rings. The van der Waals surface area contributed by atoms with E-state index in [-0.39, 0.29) is 0 Å². The van der Waals surface area contributed by atoms with E-state index in [0.29, 0.717) is 0 Å². The van der Waals surface area contributed by atoms with Crippen LogP contribution in [-0.4, -0.2) is 7.11 Å². The van der Waals surface area contributed by atoms with Gasteiger partial charge in [0.2, 0.25) is 0 Å². The second-order valence-corrected chi connectivity index (χ2v) is 4.08. The Bertz CT molecular complexity index is 447. The fourth-order valence-electron chi connectivity index (χ4n) is 1.42. The average molecular weight is 193 g/mol. The summed E-state index contributed by atoms with van der Waals surface area (Å²) in [5.41, 5.74) is 7.03. The molecule has 1 heterocycles. The highest BCUT2D eigenvalue weighted by atomic mass is 32.1. The topological polar surface area (TPSA) is 35.2 Å². The lowest BCUT2D eigenvalue weighted by atomic mass is 10.2. The van der Waals surface area contributed by atoms with Gasteiger partial charge in [0.1, 0.15) is 5.00 Å². The zero-order valence-electron chi connectivity index (χ0n) is 7.63. The normalized spacial score (nSPS) is 10.6. The van der Waals surface area contributed by atoms with Gasteiger partial charge in [-0.1, -0.05) is 11.6 Å². The maximum absolute atomic E-state index is 5.81. The van der Waals surface area contributed by atoms with Gasteiger partial charge in [0, 0.05) is 10.1 Å². The van der Waals surface area contributed by atoms with E-state index >= 15 is 0 Å². The number of anilines is 1. The van der Waals surface area contributed by atoms with Crippen molar-refractivity contribution < 1.29 is 4.74 Å². The molecular weight excluding hydrogens is 182 g/mol. The first-order valence-corrected chi connectivity index (χ1v) is 4.86. The summed E-state index contributed by atoms with van der Waals surface area (Å²) < 4.78 is 6.42. The highest BCUT2D eigenvalue weighted by Gasteiger charge is 2.09. The fraction of sp³-hybridized carbons (Fsp3) is 0.200. The molecule has 1 aromatic carbocycles. The van der Waals surface area contributed by atoms with Crippen LogP contribution in [0.25, 0.3) is 10.1 Å². The van der Waals surface area contributed by atoms with Crippen molar-refractivity contribution in [3.05, 3.63) is 23.8 Å². The van der Waals surface area contributed by atoms with Crippen molar-refractivity contribution in [2.45, 2.75) is 6.92 Å². The molecule has 0 spiro atoms. The van der Waals surface area contributed by atoms with Gasteiger partial charge in [-0.25, -0.2) is 0 Å². The Balaban J connectivity index is 2.80. The van der Waals surface area contributed by atoms with Crippen LogP contribution in [-0.2, 0) is 0 Å². The van der Waals surface area contributed by atoms with Crippen LogP contribution in [0.5, 0.6) is 5.75 Å². The SMILES string of the molecule is COc1c(N)sc2ccc(C)cc12. The molecule has 0 radical (unpaired) electrons. The first-order valence-electron chi connectivity index (χ1n) is 4.05. The van der Waals surface area contributed by atoms with Crippen molar-refractivity contribution in [1.82, 2.24) is 0 Å². The highest BCUT2D eigenvalue weighted by Crippen LogP contribution is 2.39. The van der Waals surface area contributed by atoms with Crippen LogP contribution >= 0.6 is 11.3 Å². The van der Waals surface area contributed by atoms with Crippen molar-refractivity contribution in [3.8, 4) is 5.75 Å². The minimum Gasteiger partial charge on any atom is -0.493 e. The van der Waals surface area contributed by atoms with Gasteiger partial charge < -0.3 is 10.5 Å². The molecule has 2 rings (SSSR count). The summed E-state index contributed by atoms with van der Waals surface area (Å²) in [7, 11) is 1.65. The monoisotopic (exact) mass is 193 g/mol. The van der Waals surface area contributed by atoms with Gasteiger partial charge in [0.05, 0.1) is 7.11 Å². The second kappa shape index (κ2) is 2.92. The lowest BCUT2D eigenvalue weighted by molar-refractivity contribution is 0.423. The molecule has 1 aromatic heterocycles. The van der Waals surface area contributed by atoms with E-state index in [4.69, 9.17) is 10.5 Å². The van der Waals surface area contributed by atoms with E-state index in [1.807, 2.05) is 0 Å². The largest absolute Gasteiger partial charge is 0.493 e. The summed E-state index contributed by atoms with van der Waals surface area (Å²) in [5, 5.41) is 1.87. The summed E-state index contributed by atoms with van der Waals surface area (Å²) in [4.78, 5) is 0. The Morgan fingerprint density at radius 2 is 2.15 bits per heavy atom. The van der Waals surface area contributed by atoms with Gasteiger partial charge in [0.15, 0.2) is 5.75 Å². The zero-order chi connectivity index (χ0) is 9.42. The number of thiophene rings is 1. The van der Waals surface area contributed by atoms with Crippen LogP contribution in [0.15, 0.2) is 18.2 Å². The maximum Gasteiger partial charge on any atom is 0.160 e. The summed E-state index contributed by atoms with van der Waals surface area (Å²) >= 11 is 1.56. The standard InChI is InChI=1S/C10H11NOS/c1-6-3-4-8-7(5-6)9(12-2)10(11)13-8/h3-5H,11H2,1-2H3. The molecule has 0 saturated heterocycles. The molecule has 2 nitrogen and oxygen atoms in total. The predicted octanol–water partition coefficient (Wildman–Crippen LogP) is 2.80. The molecule has 0 unspecified atom stereocenters. The predicted molar refractivity (Wildman–Crippen MR) is 57.5 cm³/mol. The van der Waals surface area contributed by atoms with E-state index < -0.39 is 0 Å². The van der Waals surface area contributed by atoms with Crippen molar-refractivity contribution in [3.63, 3.8) is 0 Å². The highest BCUT2D eigenvalue weighted by molar-refractivity contribution is 7.23. The minimum absolute atomic E-state index is 0.753. The summed E-state index contributed by atoms with van der Waals surface area (Å²) in [6.45, 7) is 2.06. The van der Waals surface area contributed by atoms with Crippen LogP contribution in [0, 0.1) is 6.92 Å². The van der Waals surface area contributed by atoms with Crippen LogP contribution in [0.1, 0.15) is 5.56 Å². The Morgan fingerprint density at radius 3 is 2.85 bits per heavy atom. The summed E-state index contributed by atoms with van der Waals surface area (Å²) in [5.74, 6) is 0.809. The second-order valence-electron chi connectivity index (χ2n) is 3.00. The van der Waals surface area contributed by atoms with Crippen molar-refractivity contribution in [2.75, 3.05) is 12.8 Å². The third kappa shape index (κ3) is 1.25. The molecule has 0 aliphatic carbocycles. The summed E-state index contributed by atoms with van der Waals surface area (Å²) in [6.07, 6.45) is 0. The van der Waals surface area contributed by atoms with Gasteiger partial charge in [-0.3, -0.25) is 0 Å². The molecule has 0 aliphatic heterocycles. The summed E-state index contributed by atoms with van der Waals surface area (Å²) in [6, 6.07) is 6.26. The Labute approximate surface area is 80.9 Å².